The van der Waals surface area contributed by atoms with E-state index in [0.29, 0.717) is 23.0 Å². The average Bonchev–Trinajstić information content (AvgIpc) is 2.25. The van der Waals surface area contributed by atoms with Crippen molar-refractivity contribution in [3.8, 4) is 0 Å². The van der Waals surface area contributed by atoms with Crippen LogP contribution in [0.25, 0.3) is 0 Å². The lowest BCUT2D eigenvalue weighted by atomic mass is 9.74. The molecule has 0 saturated heterocycles. The van der Waals surface area contributed by atoms with Crippen molar-refractivity contribution < 1.29 is 14.8 Å². The fraction of sp³-hybridized carbons (Fsp3) is 0.417. The standard InChI is InChI=1S/C12H13BrN2O4/c13-8-2-3-10(15(18)19)9(6-8)14-12(4-1-5-12)7-11(16)17/h2-3,6,14H,1,4-5,7H2,(H,16,17). The third kappa shape index (κ3) is 3.04. The van der Waals surface area contributed by atoms with Crippen molar-refractivity contribution in [3.63, 3.8) is 0 Å². The molecule has 2 rings (SSSR count). The first-order valence-electron chi connectivity index (χ1n) is 5.86. The van der Waals surface area contributed by atoms with E-state index in [4.69, 9.17) is 5.11 Å². The van der Waals surface area contributed by atoms with Gasteiger partial charge in [0.25, 0.3) is 5.69 Å². The first kappa shape index (κ1) is 13.8. The highest BCUT2D eigenvalue weighted by Crippen LogP contribution is 2.40. The van der Waals surface area contributed by atoms with Crippen LogP contribution < -0.4 is 5.32 Å². The van der Waals surface area contributed by atoms with Gasteiger partial charge in [-0.2, -0.15) is 0 Å². The number of nitrogens with zero attached hydrogens (tertiary/aromatic N) is 1. The molecule has 0 aromatic heterocycles. The number of hydrogen-bond donors (Lipinski definition) is 2. The van der Waals surface area contributed by atoms with Gasteiger partial charge in [-0.15, -0.1) is 0 Å². The molecule has 0 radical (unpaired) electrons. The Balaban J connectivity index is 2.28. The van der Waals surface area contributed by atoms with Gasteiger partial charge in [0, 0.05) is 16.1 Å². The Labute approximate surface area is 118 Å². The molecule has 6 nitrogen and oxygen atoms in total. The van der Waals surface area contributed by atoms with Crippen LogP contribution in [0.15, 0.2) is 22.7 Å². The molecular formula is C12H13BrN2O4. The minimum absolute atomic E-state index is 0.0311. The van der Waals surface area contributed by atoms with Crippen molar-refractivity contribution >= 4 is 33.3 Å². The molecule has 0 amide bonds. The summed E-state index contributed by atoms with van der Waals surface area (Å²) in [5.74, 6) is -0.898. The van der Waals surface area contributed by atoms with Gasteiger partial charge in [0.05, 0.1) is 11.3 Å². The molecule has 1 aliphatic carbocycles. The summed E-state index contributed by atoms with van der Waals surface area (Å²) in [6.45, 7) is 0. The minimum atomic E-state index is -0.898. The van der Waals surface area contributed by atoms with Crippen LogP contribution in [-0.4, -0.2) is 21.5 Å². The zero-order valence-electron chi connectivity index (χ0n) is 10.1. The third-order valence-electron chi connectivity index (χ3n) is 3.36. The number of benzene rings is 1. The number of carboxylic acids is 1. The van der Waals surface area contributed by atoms with Crippen LogP contribution in [0, 0.1) is 10.1 Å². The van der Waals surface area contributed by atoms with Gasteiger partial charge in [0.1, 0.15) is 5.69 Å². The van der Waals surface area contributed by atoms with Crippen LogP contribution in [0.2, 0.25) is 0 Å². The first-order chi connectivity index (χ1) is 8.92. The number of nitro groups is 1. The second-order valence-corrected chi connectivity index (χ2v) is 5.66. The van der Waals surface area contributed by atoms with Crippen LogP contribution in [0.4, 0.5) is 11.4 Å². The maximum absolute atomic E-state index is 11.0. The smallest absolute Gasteiger partial charge is 0.305 e. The second kappa shape index (κ2) is 5.16. The molecule has 7 heteroatoms. The Bertz CT molecular complexity index is 528. The molecule has 1 aromatic carbocycles. The van der Waals surface area contributed by atoms with Gasteiger partial charge in [-0.3, -0.25) is 14.9 Å². The highest BCUT2D eigenvalue weighted by molar-refractivity contribution is 9.10. The number of aliphatic carboxylic acids is 1. The molecule has 0 heterocycles. The summed E-state index contributed by atoms with van der Waals surface area (Å²) in [5.41, 5.74) is -0.239. The first-order valence-corrected chi connectivity index (χ1v) is 6.65. The SMILES string of the molecule is O=C(O)CC1(Nc2cc(Br)ccc2[N+](=O)[O-])CCC1. The molecular weight excluding hydrogens is 316 g/mol. The summed E-state index contributed by atoms with van der Waals surface area (Å²) in [5, 5.41) is 23.0. The lowest BCUT2D eigenvalue weighted by Gasteiger charge is -2.42. The molecule has 1 aliphatic rings. The summed E-state index contributed by atoms with van der Waals surface area (Å²) < 4.78 is 0.713. The van der Waals surface area contributed by atoms with Crippen LogP contribution in [0.1, 0.15) is 25.7 Å². The van der Waals surface area contributed by atoms with E-state index in [-0.39, 0.29) is 12.1 Å². The molecule has 1 fully saturated rings. The van der Waals surface area contributed by atoms with E-state index in [1.807, 2.05) is 0 Å². The number of carbonyl (C=O) groups is 1. The summed E-state index contributed by atoms with van der Waals surface area (Å²) in [4.78, 5) is 21.4. The highest BCUT2D eigenvalue weighted by Gasteiger charge is 2.40. The molecule has 0 bridgehead atoms. The van der Waals surface area contributed by atoms with E-state index in [1.165, 1.54) is 6.07 Å². The lowest BCUT2D eigenvalue weighted by Crippen LogP contribution is -2.46. The third-order valence-corrected chi connectivity index (χ3v) is 3.85. The van der Waals surface area contributed by atoms with Gasteiger partial charge in [0.15, 0.2) is 0 Å². The molecule has 0 aliphatic heterocycles. The Morgan fingerprint density at radius 3 is 2.68 bits per heavy atom. The quantitative estimate of drug-likeness (QED) is 0.639. The lowest BCUT2D eigenvalue weighted by molar-refractivity contribution is -0.384. The fourth-order valence-corrected chi connectivity index (χ4v) is 2.65. The molecule has 0 spiro atoms. The number of halogens is 1. The molecule has 1 saturated carbocycles. The molecule has 0 atom stereocenters. The summed E-state index contributed by atoms with van der Waals surface area (Å²) in [6.07, 6.45) is 2.32. The molecule has 102 valence electrons. The average molecular weight is 329 g/mol. The number of nitrogens with one attached hydrogen (secondary N) is 1. The maximum atomic E-state index is 11.0. The highest BCUT2D eigenvalue weighted by atomic mass is 79.9. The van der Waals surface area contributed by atoms with Crippen LogP contribution in [0.3, 0.4) is 0 Å². The van der Waals surface area contributed by atoms with E-state index < -0.39 is 16.4 Å². The predicted molar refractivity (Wildman–Crippen MR) is 73.3 cm³/mol. The normalized spacial score (nSPS) is 16.5. The van der Waals surface area contributed by atoms with Gasteiger partial charge in [0.2, 0.25) is 0 Å². The number of rotatable bonds is 5. The van der Waals surface area contributed by atoms with Crippen LogP contribution in [-0.2, 0) is 4.79 Å². The zero-order valence-corrected chi connectivity index (χ0v) is 11.6. The monoisotopic (exact) mass is 328 g/mol. The summed E-state index contributed by atoms with van der Waals surface area (Å²) >= 11 is 3.26. The van der Waals surface area contributed by atoms with Gasteiger partial charge in [-0.25, -0.2) is 0 Å². The number of hydrogen-bond acceptors (Lipinski definition) is 4. The van der Waals surface area contributed by atoms with Gasteiger partial charge in [-0.05, 0) is 31.4 Å². The van der Waals surface area contributed by atoms with Crippen LogP contribution >= 0.6 is 15.9 Å². The molecule has 1 aromatic rings. The fourth-order valence-electron chi connectivity index (χ4n) is 2.29. The van der Waals surface area contributed by atoms with Crippen molar-refractivity contribution in [2.24, 2.45) is 0 Å². The van der Waals surface area contributed by atoms with Crippen LogP contribution in [0.5, 0.6) is 0 Å². The topological polar surface area (TPSA) is 92.5 Å². The van der Waals surface area contributed by atoms with Crippen molar-refractivity contribution in [2.45, 2.75) is 31.2 Å². The largest absolute Gasteiger partial charge is 0.481 e. The number of carboxylic acid groups (broad SMARTS) is 1. The number of nitro benzene ring substituents is 1. The van der Waals surface area contributed by atoms with Gasteiger partial charge >= 0.3 is 5.97 Å². The summed E-state index contributed by atoms with van der Waals surface area (Å²) in [7, 11) is 0. The second-order valence-electron chi connectivity index (χ2n) is 4.75. The van der Waals surface area contributed by atoms with Crippen molar-refractivity contribution in [2.75, 3.05) is 5.32 Å². The minimum Gasteiger partial charge on any atom is -0.481 e. The summed E-state index contributed by atoms with van der Waals surface area (Å²) in [6, 6.07) is 4.60. The van der Waals surface area contributed by atoms with Crippen molar-refractivity contribution in [3.05, 3.63) is 32.8 Å². The van der Waals surface area contributed by atoms with E-state index in [9.17, 15) is 14.9 Å². The molecule has 0 unspecified atom stereocenters. The molecule has 19 heavy (non-hydrogen) atoms. The van der Waals surface area contributed by atoms with E-state index in [0.717, 1.165) is 6.42 Å². The number of anilines is 1. The zero-order chi connectivity index (χ0) is 14.0. The van der Waals surface area contributed by atoms with Gasteiger partial charge in [-0.1, -0.05) is 15.9 Å². The Morgan fingerprint density at radius 2 is 2.21 bits per heavy atom. The predicted octanol–water partition coefficient (Wildman–Crippen LogP) is 3.17. The maximum Gasteiger partial charge on any atom is 0.305 e. The molecule has 2 N–H and O–H groups in total. The van der Waals surface area contributed by atoms with Crippen molar-refractivity contribution in [1.29, 1.82) is 0 Å². The van der Waals surface area contributed by atoms with E-state index >= 15 is 0 Å². The Hall–Kier alpha value is -1.63. The van der Waals surface area contributed by atoms with Gasteiger partial charge < -0.3 is 10.4 Å². The van der Waals surface area contributed by atoms with E-state index in [2.05, 4.69) is 21.2 Å². The van der Waals surface area contributed by atoms with Crippen molar-refractivity contribution in [1.82, 2.24) is 0 Å². The Morgan fingerprint density at radius 1 is 1.53 bits per heavy atom. The Kier molecular flexibility index (Phi) is 3.75. The van der Waals surface area contributed by atoms with E-state index in [1.54, 1.807) is 12.1 Å².